The highest BCUT2D eigenvalue weighted by molar-refractivity contribution is 9.09. The molecule has 0 saturated carbocycles. The lowest BCUT2D eigenvalue weighted by molar-refractivity contribution is -0.155. The van der Waals surface area contributed by atoms with E-state index in [2.05, 4.69) is 29.1 Å². The fourth-order valence-electron chi connectivity index (χ4n) is 5.80. The minimum absolute atomic E-state index is 0.0781. The van der Waals surface area contributed by atoms with Gasteiger partial charge in [0.25, 0.3) is 0 Å². The number of aliphatic hydroxyl groups is 1. The minimum atomic E-state index is -1.10. The molecular formula is C26H39BrN2O6. The molecule has 1 spiro atoms. The van der Waals surface area contributed by atoms with Crippen molar-refractivity contribution in [1.29, 1.82) is 0 Å². The van der Waals surface area contributed by atoms with Gasteiger partial charge in [-0.15, -0.1) is 13.2 Å². The Bertz CT molecular complexity index is 842. The Kier molecular flexibility index (Phi) is 8.86. The van der Waals surface area contributed by atoms with Crippen LogP contribution in [0.15, 0.2) is 25.3 Å². The average molecular weight is 556 g/mol. The first-order valence-electron chi connectivity index (χ1n) is 12.5. The van der Waals surface area contributed by atoms with Crippen molar-refractivity contribution in [2.75, 3.05) is 26.3 Å². The standard InChI is InChI=1S/C26H39BrN2O6/c1-6-8-15-34-24(33)18-19-22(31)28(13-10-9-11-14-30)21(26(19)16-17(27)20(18)35-26)23(32)29(12-7-2)25(3,4)5/h6-7,17-21,30H,1-2,8-16H2,3-5H3/t17?,18-,19-,20-,21?,26?/m0/s1. The molecule has 0 aromatic heterocycles. The number of unbranched alkanes of at least 4 members (excludes halogenated alkanes) is 2. The molecule has 0 radical (unpaired) electrons. The number of esters is 1. The van der Waals surface area contributed by atoms with Crippen LogP contribution >= 0.6 is 15.9 Å². The maximum absolute atomic E-state index is 14.2. The van der Waals surface area contributed by atoms with Gasteiger partial charge < -0.3 is 24.4 Å². The summed E-state index contributed by atoms with van der Waals surface area (Å²) in [6.07, 6.45) is 5.79. The summed E-state index contributed by atoms with van der Waals surface area (Å²) in [5.41, 5.74) is -1.60. The Hall–Kier alpha value is -1.71. The maximum Gasteiger partial charge on any atom is 0.312 e. The fourth-order valence-corrected chi connectivity index (χ4v) is 6.74. The number of alkyl halides is 1. The zero-order valence-electron chi connectivity index (χ0n) is 21.1. The molecule has 9 heteroatoms. The van der Waals surface area contributed by atoms with Crippen molar-refractivity contribution in [2.24, 2.45) is 11.8 Å². The summed E-state index contributed by atoms with van der Waals surface area (Å²) in [5.74, 6) is -2.43. The Labute approximate surface area is 216 Å². The predicted octanol–water partition coefficient (Wildman–Crippen LogP) is 2.83. The minimum Gasteiger partial charge on any atom is -0.465 e. The largest absolute Gasteiger partial charge is 0.465 e. The molecule has 0 aliphatic carbocycles. The van der Waals surface area contributed by atoms with Gasteiger partial charge in [-0.05, 0) is 52.9 Å². The molecular weight excluding hydrogens is 516 g/mol. The Morgan fingerprint density at radius 1 is 1.29 bits per heavy atom. The van der Waals surface area contributed by atoms with Crippen molar-refractivity contribution in [3.63, 3.8) is 0 Å². The number of ether oxygens (including phenoxy) is 2. The molecule has 3 saturated heterocycles. The number of hydrogen-bond acceptors (Lipinski definition) is 6. The summed E-state index contributed by atoms with van der Waals surface area (Å²) >= 11 is 3.67. The normalized spacial score (nSPS) is 31.4. The van der Waals surface area contributed by atoms with Gasteiger partial charge >= 0.3 is 5.97 Å². The van der Waals surface area contributed by atoms with E-state index in [4.69, 9.17) is 14.6 Å². The number of amides is 2. The molecule has 3 heterocycles. The lowest BCUT2D eigenvalue weighted by atomic mass is 9.70. The van der Waals surface area contributed by atoms with Crippen LogP contribution in [0.2, 0.25) is 0 Å². The van der Waals surface area contributed by atoms with Gasteiger partial charge in [-0.25, -0.2) is 0 Å². The Morgan fingerprint density at radius 2 is 2.00 bits per heavy atom. The van der Waals surface area contributed by atoms with Crippen LogP contribution < -0.4 is 0 Å². The summed E-state index contributed by atoms with van der Waals surface area (Å²) in [6, 6.07) is -0.843. The van der Waals surface area contributed by atoms with E-state index >= 15 is 0 Å². The van der Waals surface area contributed by atoms with E-state index in [1.807, 2.05) is 20.8 Å². The zero-order valence-corrected chi connectivity index (χ0v) is 22.7. The SMILES string of the molecule is C=CCCOC(=O)[C@H]1[C@H]2C(=O)N(CCCCCO)C(C(=O)N(CC=C)C(C)(C)C)C23CC(Br)[C@@H]1O3. The Balaban J connectivity index is 2.00. The highest BCUT2D eigenvalue weighted by Gasteiger charge is 2.77. The first-order chi connectivity index (χ1) is 16.5. The molecule has 0 aromatic rings. The molecule has 196 valence electrons. The van der Waals surface area contributed by atoms with Crippen LogP contribution in [0, 0.1) is 11.8 Å². The van der Waals surface area contributed by atoms with Gasteiger partial charge in [-0.2, -0.15) is 0 Å². The second-order valence-electron chi connectivity index (χ2n) is 10.6. The van der Waals surface area contributed by atoms with Crippen LogP contribution in [0.3, 0.4) is 0 Å². The summed E-state index contributed by atoms with van der Waals surface area (Å²) in [5, 5.41) is 9.17. The summed E-state index contributed by atoms with van der Waals surface area (Å²) in [7, 11) is 0. The highest BCUT2D eigenvalue weighted by atomic mass is 79.9. The van der Waals surface area contributed by atoms with Gasteiger partial charge in [-0.1, -0.05) is 28.1 Å². The second-order valence-corrected chi connectivity index (χ2v) is 11.8. The molecule has 2 bridgehead atoms. The number of fused-ring (bicyclic) bond motifs is 1. The molecule has 0 aromatic carbocycles. The molecule has 6 atom stereocenters. The fraction of sp³-hybridized carbons (Fsp3) is 0.731. The molecule has 3 unspecified atom stereocenters. The third-order valence-corrected chi connectivity index (χ3v) is 8.15. The molecule has 35 heavy (non-hydrogen) atoms. The van der Waals surface area contributed by atoms with Crippen molar-refractivity contribution < 1.29 is 29.0 Å². The predicted molar refractivity (Wildman–Crippen MR) is 136 cm³/mol. The number of carbonyl (C=O) groups is 3. The van der Waals surface area contributed by atoms with Gasteiger partial charge in [0.1, 0.15) is 11.6 Å². The average Bonchev–Trinajstić information content (AvgIpc) is 3.37. The van der Waals surface area contributed by atoms with Crippen molar-refractivity contribution in [3.05, 3.63) is 25.3 Å². The van der Waals surface area contributed by atoms with E-state index in [0.717, 1.165) is 6.42 Å². The molecule has 2 amide bonds. The van der Waals surface area contributed by atoms with Crippen molar-refractivity contribution in [2.45, 2.75) is 81.0 Å². The van der Waals surface area contributed by atoms with E-state index in [-0.39, 0.29) is 29.9 Å². The molecule has 3 aliphatic heterocycles. The topological polar surface area (TPSA) is 96.4 Å². The highest BCUT2D eigenvalue weighted by Crippen LogP contribution is 2.60. The summed E-state index contributed by atoms with van der Waals surface area (Å²) in [6.45, 7) is 14.3. The second kappa shape index (κ2) is 11.1. The van der Waals surface area contributed by atoms with E-state index < -0.39 is 41.1 Å². The van der Waals surface area contributed by atoms with E-state index in [1.54, 1.807) is 22.0 Å². The molecule has 3 fully saturated rings. The van der Waals surface area contributed by atoms with Gasteiger partial charge in [0, 0.05) is 30.1 Å². The van der Waals surface area contributed by atoms with E-state index in [1.165, 1.54) is 0 Å². The third kappa shape index (κ3) is 5.09. The molecule has 3 rings (SSSR count). The zero-order chi connectivity index (χ0) is 26.0. The monoisotopic (exact) mass is 554 g/mol. The third-order valence-electron chi connectivity index (χ3n) is 7.31. The lowest BCUT2D eigenvalue weighted by Gasteiger charge is -2.42. The Morgan fingerprint density at radius 3 is 2.60 bits per heavy atom. The lowest BCUT2D eigenvalue weighted by Crippen LogP contribution is -2.60. The number of halogens is 1. The number of aliphatic hydroxyl groups excluding tert-OH is 1. The van der Waals surface area contributed by atoms with Gasteiger partial charge in [0.05, 0.1) is 24.5 Å². The number of hydrogen-bond donors (Lipinski definition) is 1. The first-order valence-corrected chi connectivity index (χ1v) is 13.4. The molecule has 3 aliphatic rings. The van der Waals surface area contributed by atoms with Crippen molar-refractivity contribution in [3.8, 4) is 0 Å². The van der Waals surface area contributed by atoms with E-state index in [9.17, 15) is 14.4 Å². The van der Waals surface area contributed by atoms with Crippen LogP contribution in [0.25, 0.3) is 0 Å². The van der Waals surface area contributed by atoms with Crippen LogP contribution in [0.1, 0.15) is 52.9 Å². The quantitative estimate of drug-likeness (QED) is 0.172. The molecule has 1 N–H and O–H groups in total. The van der Waals surface area contributed by atoms with Crippen LogP contribution in [-0.2, 0) is 23.9 Å². The van der Waals surface area contributed by atoms with Crippen LogP contribution in [0.5, 0.6) is 0 Å². The van der Waals surface area contributed by atoms with Gasteiger partial charge in [0.2, 0.25) is 11.8 Å². The number of nitrogens with zero attached hydrogens (tertiary/aromatic N) is 2. The van der Waals surface area contributed by atoms with Crippen molar-refractivity contribution >= 4 is 33.7 Å². The number of rotatable bonds is 12. The maximum atomic E-state index is 14.2. The number of carbonyl (C=O) groups excluding carboxylic acids is 3. The summed E-state index contributed by atoms with van der Waals surface area (Å²) < 4.78 is 12.0. The summed E-state index contributed by atoms with van der Waals surface area (Å²) in [4.78, 5) is 44.4. The van der Waals surface area contributed by atoms with Crippen molar-refractivity contribution in [1.82, 2.24) is 9.80 Å². The smallest absolute Gasteiger partial charge is 0.312 e. The molecule has 8 nitrogen and oxygen atoms in total. The van der Waals surface area contributed by atoms with Crippen LogP contribution in [-0.4, -0.2) is 87.1 Å². The van der Waals surface area contributed by atoms with E-state index in [0.29, 0.717) is 38.8 Å². The number of likely N-dealkylation sites (tertiary alicyclic amines) is 1. The van der Waals surface area contributed by atoms with Crippen LogP contribution in [0.4, 0.5) is 0 Å². The van der Waals surface area contributed by atoms with Gasteiger partial charge in [0.15, 0.2) is 0 Å². The van der Waals surface area contributed by atoms with Gasteiger partial charge in [-0.3, -0.25) is 14.4 Å². The first kappa shape index (κ1) is 27.9.